The Kier molecular flexibility index (Phi) is 4.12. The molecule has 110 valence electrons. The molecular formula is C17H16Cl2O2. The molecule has 0 spiro atoms. The first kappa shape index (κ1) is 14.7. The molecule has 1 heterocycles. The second kappa shape index (κ2) is 5.88. The summed E-state index contributed by atoms with van der Waals surface area (Å²) in [5.41, 5.74) is 3.86. The van der Waals surface area contributed by atoms with E-state index in [2.05, 4.69) is 0 Å². The van der Waals surface area contributed by atoms with Crippen LogP contribution in [0.15, 0.2) is 30.3 Å². The number of rotatable bonds is 3. The molecule has 3 rings (SSSR count). The molecule has 2 nitrogen and oxygen atoms in total. The maximum Gasteiger partial charge on any atom is 0.126 e. The van der Waals surface area contributed by atoms with E-state index in [9.17, 15) is 5.11 Å². The lowest BCUT2D eigenvalue weighted by atomic mass is 9.98. The van der Waals surface area contributed by atoms with Gasteiger partial charge in [0.1, 0.15) is 5.75 Å². The highest BCUT2D eigenvalue weighted by atomic mass is 35.5. The molecule has 1 N–H and O–H groups in total. The van der Waals surface area contributed by atoms with Crippen molar-refractivity contribution in [1.82, 2.24) is 0 Å². The second-order valence-corrected chi connectivity index (χ2v) is 6.22. The largest absolute Gasteiger partial charge is 0.493 e. The van der Waals surface area contributed by atoms with E-state index in [0.29, 0.717) is 23.1 Å². The second-order valence-electron chi connectivity index (χ2n) is 5.38. The van der Waals surface area contributed by atoms with Gasteiger partial charge in [-0.15, -0.1) is 0 Å². The minimum atomic E-state index is -0.630. The van der Waals surface area contributed by atoms with E-state index in [0.717, 1.165) is 34.4 Å². The third kappa shape index (κ3) is 3.03. The quantitative estimate of drug-likeness (QED) is 0.900. The van der Waals surface area contributed by atoms with Crippen LogP contribution < -0.4 is 4.74 Å². The minimum absolute atomic E-state index is 0.461. The van der Waals surface area contributed by atoms with E-state index in [1.165, 1.54) is 0 Å². The molecule has 0 saturated carbocycles. The maximum absolute atomic E-state index is 10.5. The van der Waals surface area contributed by atoms with Crippen molar-refractivity contribution in [3.05, 3.63) is 62.6 Å². The van der Waals surface area contributed by atoms with E-state index >= 15 is 0 Å². The first-order valence-electron chi connectivity index (χ1n) is 6.93. The highest BCUT2D eigenvalue weighted by Gasteiger charge is 2.20. The standard InChI is InChI=1S/C17H16Cl2O2/c1-10-2-3-11(8-15(10)19)16(20)9-13-7-14(18)6-12-4-5-21-17(12)13/h2-3,6-8,16,20H,4-5,9H2,1H3. The summed E-state index contributed by atoms with van der Waals surface area (Å²) in [6, 6.07) is 9.43. The van der Waals surface area contributed by atoms with E-state index in [1.807, 2.05) is 37.3 Å². The fraction of sp³-hybridized carbons (Fsp3) is 0.294. The molecular weight excluding hydrogens is 307 g/mol. The lowest BCUT2D eigenvalue weighted by Gasteiger charge is -2.15. The van der Waals surface area contributed by atoms with Crippen LogP contribution in [0.1, 0.15) is 28.4 Å². The van der Waals surface area contributed by atoms with E-state index in [4.69, 9.17) is 27.9 Å². The predicted octanol–water partition coefficient (Wildman–Crippen LogP) is 4.51. The summed E-state index contributed by atoms with van der Waals surface area (Å²) in [4.78, 5) is 0. The fourth-order valence-corrected chi connectivity index (χ4v) is 3.09. The Morgan fingerprint density at radius 1 is 1.24 bits per heavy atom. The van der Waals surface area contributed by atoms with Gasteiger partial charge in [-0.1, -0.05) is 35.3 Å². The monoisotopic (exact) mass is 322 g/mol. The van der Waals surface area contributed by atoms with Gasteiger partial charge in [0, 0.05) is 22.9 Å². The molecule has 2 aromatic carbocycles. The Hall–Kier alpha value is -1.22. The topological polar surface area (TPSA) is 29.5 Å². The normalized spacial score (nSPS) is 14.7. The molecule has 1 aliphatic rings. The van der Waals surface area contributed by atoms with Crippen molar-refractivity contribution in [2.75, 3.05) is 6.61 Å². The van der Waals surface area contributed by atoms with Crippen molar-refractivity contribution in [3.8, 4) is 5.75 Å². The summed E-state index contributed by atoms with van der Waals surface area (Å²) in [6.07, 6.45) is 0.701. The number of halogens is 2. The summed E-state index contributed by atoms with van der Waals surface area (Å²) in [6.45, 7) is 2.62. The molecule has 4 heteroatoms. The molecule has 0 radical (unpaired) electrons. The average Bonchev–Trinajstić information content (AvgIpc) is 2.90. The molecule has 1 atom stereocenters. The van der Waals surface area contributed by atoms with Crippen molar-refractivity contribution < 1.29 is 9.84 Å². The lowest BCUT2D eigenvalue weighted by Crippen LogP contribution is -2.03. The van der Waals surface area contributed by atoms with Crippen molar-refractivity contribution >= 4 is 23.2 Å². The summed E-state index contributed by atoms with van der Waals surface area (Å²) in [7, 11) is 0. The van der Waals surface area contributed by atoms with Crippen LogP contribution in [0, 0.1) is 6.92 Å². The van der Waals surface area contributed by atoms with Gasteiger partial charge in [-0.2, -0.15) is 0 Å². The Balaban J connectivity index is 1.88. The van der Waals surface area contributed by atoms with Gasteiger partial charge in [-0.3, -0.25) is 0 Å². The molecule has 0 fully saturated rings. The number of aryl methyl sites for hydroxylation is 1. The van der Waals surface area contributed by atoms with Gasteiger partial charge >= 0.3 is 0 Å². The van der Waals surface area contributed by atoms with Crippen molar-refractivity contribution in [3.63, 3.8) is 0 Å². The van der Waals surface area contributed by atoms with Gasteiger partial charge in [0.2, 0.25) is 0 Å². The van der Waals surface area contributed by atoms with Gasteiger partial charge in [0.25, 0.3) is 0 Å². The smallest absolute Gasteiger partial charge is 0.126 e. The number of ether oxygens (including phenoxy) is 1. The van der Waals surface area contributed by atoms with Crippen LogP contribution in [-0.2, 0) is 12.8 Å². The zero-order valence-corrected chi connectivity index (χ0v) is 13.2. The van der Waals surface area contributed by atoms with Crippen LogP contribution >= 0.6 is 23.2 Å². The number of hydrogen-bond acceptors (Lipinski definition) is 2. The van der Waals surface area contributed by atoms with Crippen molar-refractivity contribution in [2.24, 2.45) is 0 Å². The number of aliphatic hydroxyl groups excluding tert-OH is 1. The van der Waals surface area contributed by atoms with Crippen LogP contribution in [-0.4, -0.2) is 11.7 Å². The molecule has 21 heavy (non-hydrogen) atoms. The molecule has 0 aromatic heterocycles. The minimum Gasteiger partial charge on any atom is -0.493 e. The van der Waals surface area contributed by atoms with Crippen molar-refractivity contribution in [1.29, 1.82) is 0 Å². The Labute approximate surface area is 134 Å². The number of hydrogen-bond donors (Lipinski definition) is 1. The molecule has 0 aliphatic carbocycles. The molecule has 0 saturated heterocycles. The van der Waals surface area contributed by atoms with Gasteiger partial charge in [-0.05, 0) is 47.4 Å². The Morgan fingerprint density at radius 2 is 2.05 bits per heavy atom. The first-order valence-corrected chi connectivity index (χ1v) is 7.68. The maximum atomic E-state index is 10.5. The predicted molar refractivity (Wildman–Crippen MR) is 85.5 cm³/mol. The number of benzene rings is 2. The van der Waals surface area contributed by atoms with Gasteiger partial charge in [-0.25, -0.2) is 0 Å². The molecule has 1 aliphatic heterocycles. The fourth-order valence-electron chi connectivity index (χ4n) is 2.64. The molecule has 1 unspecified atom stereocenters. The third-order valence-corrected chi connectivity index (χ3v) is 4.44. The summed E-state index contributed by atoms with van der Waals surface area (Å²) < 4.78 is 5.67. The first-order chi connectivity index (χ1) is 10.0. The highest BCUT2D eigenvalue weighted by molar-refractivity contribution is 6.31. The molecule has 2 aromatic rings. The third-order valence-electron chi connectivity index (χ3n) is 3.82. The Bertz CT molecular complexity index is 683. The average molecular weight is 323 g/mol. The van der Waals surface area contributed by atoms with Gasteiger partial charge < -0.3 is 9.84 Å². The Morgan fingerprint density at radius 3 is 2.81 bits per heavy atom. The van der Waals surface area contributed by atoms with Crippen LogP contribution in [0.25, 0.3) is 0 Å². The van der Waals surface area contributed by atoms with Crippen LogP contribution in [0.3, 0.4) is 0 Å². The van der Waals surface area contributed by atoms with E-state index < -0.39 is 6.10 Å². The number of aliphatic hydroxyl groups is 1. The summed E-state index contributed by atoms with van der Waals surface area (Å²) in [5.74, 6) is 0.872. The van der Waals surface area contributed by atoms with Crippen LogP contribution in [0.2, 0.25) is 10.0 Å². The SMILES string of the molecule is Cc1ccc(C(O)Cc2cc(Cl)cc3c2OCC3)cc1Cl. The highest BCUT2D eigenvalue weighted by Crippen LogP contribution is 2.35. The van der Waals surface area contributed by atoms with Crippen LogP contribution in [0.4, 0.5) is 0 Å². The summed E-state index contributed by atoms with van der Waals surface area (Å²) in [5, 5.41) is 11.8. The summed E-state index contributed by atoms with van der Waals surface area (Å²) >= 11 is 12.3. The number of fused-ring (bicyclic) bond motifs is 1. The van der Waals surface area contributed by atoms with Gasteiger partial charge in [0.05, 0.1) is 12.7 Å². The van der Waals surface area contributed by atoms with Gasteiger partial charge in [0.15, 0.2) is 0 Å². The lowest BCUT2D eigenvalue weighted by molar-refractivity contribution is 0.177. The zero-order valence-electron chi connectivity index (χ0n) is 11.7. The molecule has 0 amide bonds. The molecule has 0 bridgehead atoms. The van der Waals surface area contributed by atoms with Crippen molar-refractivity contribution in [2.45, 2.75) is 25.9 Å². The zero-order chi connectivity index (χ0) is 15.0. The van der Waals surface area contributed by atoms with E-state index in [1.54, 1.807) is 0 Å². The van der Waals surface area contributed by atoms with E-state index in [-0.39, 0.29) is 0 Å². The van der Waals surface area contributed by atoms with Crippen LogP contribution in [0.5, 0.6) is 5.75 Å².